The number of aryl methyl sites for hydroxylation is 1. The Labute approximate surface area is 144 Å². The van der Waals surface area contributed by atoms with Crippen LogP contribution >= 0.6 is 0 Å². The summed E-state index contributed by atoms with van der Waals surface area (Å²) in [6.07, 6.45) is -0.592. The Bertz CT molecular complexity index is 741. The monoisotopic (exact) mass is 348 g/mol. The van der Waals surface area contributed by atoms with Crippen LogP contribution in [0.5, 0.6) is 5.75 Å². The molecule has 24 heavy (non-hydrogen) atoms. The van der Waals surface area contributed by atoms with E-state index >= 15 is 0 Å². The molecule has 0 radical (unpaired) electrons. The van der Waals surface area contributed by atoms with E-state index in [0.29, 0.717) is 12.2 Å². The first-order valence-corrected chi connectivity index (χ1v) is 9.78. The Morgan fingerprint density at radius 1 is 1.08 bits per heavy atom. The second-order valence-corrected chi connectivity index (χ2v) is 8.15. The third kappa shape index (κ3) is 5.08. The highest BCUT2D eigenvalue weighted by Gasteiger charge is 2.28. The van der Waals surface area contributed by atoms with E-state index in [1.807, 2.05) is 50.2 Å². The van der Waals surface area contributed by atoms with Crippen LogP contribution in [0.2, 0.25) is 0 Å². The van der Waals surface area contributed by atoms with E-state index in [9.17, 15) is 13.5 Å². The third-order valence-corrected chi connectivity index (χ3v) is 6.15. The summed E-state index contributed by atoms with van der Waals surface area (Å²) in [5.74, 6) is 0.313. The zero-order valence-electron chi connectivity index (χ0n) is 14.1. The maximum absolute atomic E-state index is 12.6. The van der Waals surface area contributed by atoms with Crippen molar-refractivity contribution in [3.8, 4) is 5.75 Å². The Morgan fingerprint density at radius 2 is 1.79 bits per heavy atom. The molecule has 2 rings (SSSR count). The van der Waals surface area contributed by atoms with Gasteiger partial charge in [-0.15, -0.1) is 0 Å². The van der Waals surface area contributed by atoms with Crippen molar-refractivity contribution in [2.75, 3.05) is 12.4 Å². The van der Waals surface area contributed by atoms with Gasteiger partial charge in [-0.1, -0.05) is 49.4 Å². The topological polar surface area (TPSA) is 63.6 Å². The highest BCUT2D eigenvalue weighted by Crippen LogP contribution is 2.27. The first kappa shape index (κ1) is 18.5. The second kappa shape index (κ2) is 8.31. The Morgan fingerprint density at radius 3 is 2.42 bits per heavy atom. The van der Waals surface area contributed by atoms with E-state index < -0.39 is 21.2 Å². The quantitative estimate of drug-likeness (QED) is 0.795. The number of aliphatic hydroxyl groups is 1. The average molecular weight is 348 g/mol. The summed E-state index contributed by atoms with van der Waals surface area (Å²) < 4.78 is 30.7. The number of benzene rings is 2. The van der Waals surface area contributed by atoms with E-state index in [0.717, 1.165) is 11.1 Å². The van der Waals surface area contributed by atoms with E-state index in [4.69, 9.17) is 4.74 Å². The van der Waals surface area contributed by atoms with Gasteiger partial charge in [-0.25, -0.2) is 8.42 Å². The molecule has 0 amide bonds. The molecule has 0 aliphatic carbocycles. The summed E-state index contributed by atoms with van der Waals surface area (Å²) in [6.45, 7) is 3.73. The van der Waals surface area contributed by atoms with Crippen molar-refractivity contribution < 1.29 is 18.3 Å². The van der Waals surface area contributed by atoms with Gasteiger partial charge < -0.3 is 9.84 Å². The number of sulfone groups is 1. The first-order chi connectivity index (χ1) is 11.4. The van der Waals surface area contributed by atoms with Gasteiger partial charge in [0.05, 0.1) is 11.0 Å². The Balaban J connectivity index is 1.99. The van der Waals surface area contributed by atoms with Crippen molar-refractivity contribution in [3.05, 3.63) is 65.7 Å². The fourth-order valence-electron chi connectivity index (χ4n) is 2.69. The molecule has 2 atom stereocenters. The van der Waals surface area contributed by atoms with Crippen LogP contribution in [0.25, 0.3) is 0 Å². The molecule has 0 bridgehead atoms. The van der Waals surface area contributed by atoms with Gasteiger partial charge in [0.15, 0.2) is 9.84 Å². The summed E-state index contributed by atoms with van der Waals surface area (Å²) in [4.78, 5) is 0. The summed E-state index contributed by atoms with van der Waals surface area (Å²) in [7, 11) is -3.47. The zero-order valence-corrected chi connectivity index (χ0v) is 14.9. The molecule has 0 aliphatic heterocycles. The molecule has 130 valence electrons. The normalized spacial score (nSPS) is 14.1. The number of ether oxygens (including phenoxy) is 1. The molecule has 0 spiro atoms. The van der Waals surface area contributed by atoms with Gasteiger partial charge in [0.25, 0.3) is 0 Å². The molecule has 4 nitrogen and oxygen atoms in total. The van der Waals surface area contributed by atoms with Crippen molar-refractivity contribution in [1.82, 2.24) is 0 Å². The zero-order chi connectivity index (χ0) is 17.6. The van der Waals surface area contributed by atoms with Gasteiger partial charge in [0.1, 0.15) is 18.5 Å². The van der Waals surface area contributed by atoms with Gasteiger partial charge in [-0.05, 0) is 36.6 Å². The van der Waals surface area contributed by atoms with Gasteiger partial charge >= 0.3 is 0 Å². The third-order valence-electron chi connectivity index (χ3n) is 3.83. The van der Waals surface area contributed by atoms with Crippen LogP contribution in [0, 0.1) is 6.92 Å². The molecule has 0 saturated heterocycles. The lowest BCUT2D eigenvalue weighted by Crippen LogP contribution is -2.30. The number of hydrogen-bond donors (Lipinski definition) is 1. The predicted octanol–water partition coefficient (Wildman–Crippen LogP) is 3.30. The molecule has 2 unspecified atom stereocenters. The summed E-state index contributed by atoms with van der Waals surface area (Å²) in [5.41, 5.74) is 1.80. The molecule has 0 aromatic heterocycles. The Hall–Kier alpha value is -1.85. The van der Waals surface area contributed by atoms with Crippen LogP contribution in [0.3, 0.4) is 0 Å². The standard InChI is InChI=1S/C19H24O4S/c1-3-19(16-9-5-4-6-10-16)24(21,22)14-17(20)13-23-18-11-7-8-15(2)12-18/h4-12,17,19-20H,3,13-14H2,1-2H3. The number of hydrogen-bond acceptors (Lipinski definition) is 4. The van der Waals surface area contributed by atoms with Crippen molar-refractivity contribution in [3.63, 3.8) is 0 Å². The fourth-order valence-corrected chi connectivity index (χ4v) is 4.64. The molecule has 1 N–H and O–H groups in total. The molecule has 0 saturated carbocycles. The minimum absolute atomic E-state index is 0.0477. The van der Waals surface area contributed by atoms with Crippen LogP contribution in [0.15, 0.2) is 54.6 Å². The van der Waals surface area contributed by atoms with Gasteiger partial charge in [0, 0.05) is 0 Å². The highest BCUT2D eigenvalue weighted by molar-refractivity contribution is 7.91. The Kier molecular flexibility index (Phi) is 6.40. The van der Waals surface area contributed by atoms with Gasteiger partial charge in [-0.2, -0.15) is 0 Å². The second-order valence-electron chi connectivity index (χ2n) is 5.92. The maximum atomic E-state index is 12.6. The minimum atomic E-state index is -3.47. The minimum Gasteiger partial charge on any atom is -0.491 e. The smallest absolute Gasteiger partial charge is 0.159 e. The van der Waals surface area contributed by atoms with Crippen molar-refractivity contribution in [2.24, 2.45) is 0 Å². The summed E-state index contributed by atoms with van der Waals surface area (Å²) in [5, 5.41) is 9.50. The van der Waals surface area contributed by atoms with Crippen molar-refractivity contribution >= 4 is 9.84 Å². The maximum Gasteiger partial charge on any atom is 0.159 e. The first-order valence-electron chi connectivity index (χ1n) is 8.06. The van der Waals surface area contributed by atoms with Crippen LogP contribution in [0.1, 0.15) is 29.7 Å². The van der Waals surface area contributed by atoms with Gasteiger partial charge in [-0.3, -0.25) is 0 Å². The van der Waals surface area contributed by atoms with Crippen LogP contribution in [-0.4, -0.2) is 32.0 Å². The number of aliphatic hydroxyl groups excluding tert-OH is 1. The molecule has 2 aromatic rings. The van der Waals surface area contributed by atoms with Crippen molar-refractivity contribution in [1.29, 1.82) is 0 Å². The lowest BCUT2D eigenvalue weighted by atomic mass is 10.1. The van der Waals surface area contributed by atoms with E-state index in [1.165, 1.54) is 0 Å². The van der Waals surface area contributed by atoms with E-state index in [-0.39, 0.29) is 12.4 Å². The molecule has 2 aromatic carbocycles. The van der Waals surface area contributed by atoms with E-state index in [2.05, 4.69) is 0 Å². The van der Waals surface area contributed by atoms with E-state index in [1.54, 1.807) is 18.2 Å². The fraction of sp³-hybridized carbons (Fsp3) is 0.368. The van der Waals surface area contributed by atoms with Gasteiger partial charge in [0.2, 0.25) is 0 Å². The SMILES string of the molecule is CCC(c1ccccc1)S(=O)(=O)CC(O)COc1cccc(C)c1. The van der Waals surface area contributed by atoms with Crippen LogP contribution < -0.4 is 4.74 Å². The highest BCUT2D eigenvalue weighted by atomic mass is 32.2. The number of rotatable bonds is 8. The van der Waals surface area contributed by atoms with Crippen LogP contribution in [0.4, 0.5) is 0 Å². The molecule has 0 fully saturated rings. The molecule has 0 aliphatic rings. The predicted molar refractivity (Wildman–Crippen MR) is 95.9 cm³/mol. The summed E-state index contributed by atoms with van der Waals surface area (Å²) in [6, 6.07) is 16.6. The van der Waals surface area contributed by atoms with Crippen molar-refractivity contribution in [2.45, 2.75) is 31.6 Å². The molecular formula is C19H24O4S. The lowest BCUT2D eigenvalue weighted by molar-refractivity contribution is 0.124. The molecule has 5 heteroatoms. The molecule has 0 heterocycles. The largest absolute Gasteiger partial charge is 0.491 e. The average Bonchev–Trinajstić information content (AvgIpc) is 2.54. The molecular weight excluding hydrogens is 324 g/mol. The van der Waals surface area contributed by atoms with Crippen LogP contribution in [-0.2, 0) is 9.84 Å². The summed E-state index contributed by atoms with van der Waals surface area (Å²) >= 11 is 0. The lowest BCUT2D eigenvalue weighted by Gasteiger charge is -2.19.